The van der Waals surface area contributed by atoms with E-state index in [1.165, 1.54) is 7.11 Å². The molecule has 1 aliphatic heterocycles. The third-order valence-electron chi connectivity index (χ3n) is 5.92. The number of aryl methyl sites for hydroxylation is 1. The fourth-order valence-electron chi connectivity index (χ4n) is 3.58. The zero-order chi connectivity index (χ0) is 30.8. The molecule has 2 aromatic rings. The maximum Gasteiger partial charge on any atom is 0.341 e. The Morgan fingerprint density at radius 1 is 0.857 bits per heavy atom. The lowest BCUT2D eigenvalue weighted by molar-refractivity contribution is -0.139. The molecule has 1 heterocycles. The van der Waals surface area contributed by atoms with Gasteiger partial charge >= 0.3 is 17.9 Å². The second-order valence-corrected chi connectivity index (χ2v) is 9.60. The van der Waals surface area contributed by atoms with Gasteiger partial charge in [-0.05, 0) is 61.2 Å². The first-order valence-electron chi connectivity index (χ1n) is 13.3. The van der Waals surface area contributed by atoms with Gasteiger partial charge in [-0.15, -0.1) is 0 Å². The Morgan fingerprint density at radius 2 is 1.52 bits per heavy atom. The molecule has 0 radical (unpaired) electrons. The van der Waals surface area contributed by atoms with E-state index < -0.39 is 17.9 Å². The van der Waals surface area contributed by atoms with Crippen molar-refractivity contribution in [2.75, 3.05) is 40.1 Å². The van der Waals surface area contributed by atoms with Gasteiger partial charge in [0.2, 0.25) is 0 Å². The highest BCUT2D eigenvalue weighted by Crippen LogP contribution is 2.40. The van der Waals surface area contributed by atoms with Crippen LogP contribution in [0.2, 0.25) is 0 Å². The fourth-order valence-corrected chi connectivity index (χ4v) is 3.58. The van der Waals surface area contributed by atoms with Gasteiger partial charge in [0.05, 0.1) is 18.8 Å². The molecule has 0 aromatic heterocycles. The second-order valence-electron chi connectivity index (χ2n) is 9.60. The van der Waals surface area contributed by atoms with Crippen LogP contribution in [0.3, 0.4) is 0 Å². The average Bonchev–Trinajstić information content (AvgIpc) is 3.79. The summed E-state index contributed by atoms with van der Waals surface area (Å²) in [6.07, 6.45) is 0.619. The summed E-state index contributed by atoms with van der Waals surface area (Å²) in [5, 5.41) is 0. The summed E-state index contributed by atoms with van der Waals surface area (Å²) in [6.45, 7) is 16.9. The quantitative estimate of drug-likeness (QED) is 0.0902. The molecule has 1 fully saturated rings. The van der Waals surface area contributed by atoms with Crippen molar-refractivity contribution in [1.82, 2.24) is 0 Å². The Labute approximate surface area is 245 Å². The molecule has 3 rings (SSSR count). The van der Waals surface area contributed by atoms with Crippen LogP contribution in [-0.4, -0.2) is 64.2 Å². The Balaban J connectivity index is 1.98. The zero-order valence-corrected chi connectivity index (χ0v) is 24.4. The number of hydrogen-bond acceptors (Lipinski definition) is 10. The van der Waals surface area contributed by atoms with Gasteiger partial charge < -0.3 is 33.2 Å². The van der Waals surface area contributed by atoms with E-state index >= 15 is 0 Å². The Hall–Kier alpha value is -4.41. The Bertz CT molecular complexity index is 1370. The highest BCUT2D eigenvalue weighted by atomic mass is 16.6. The van der Waals surface area contributed by atoms with Crippen molar-refractivity contribution in [1.29, 1.82) is 0 Å². The number of benzene rings is 2. The predicted molar refractivity (Wildman–Crippen MR) is 155 cm³/mol. The van der Waals surface area contributed by atoms with Crippen LogP contribution >= 0.6 is 0 Å². The first kappa shape index (κ1) is 32.1. The van der Waals surface area contributed by atoms with Gasteiger partial charge in [-0.3, -0.25) is 0 Å². The van der Waals surface area contributed by atoms with Crippen molar-refractivity contribution in [3.63, 3.8) is 0 Å². The van der Waals surface area contributed by atoms with Gasteiger partial charge in [0.25, 0.3) is 0 Å². The highest BCUT2D eigenvalue weighted by molar-refractivity contribution is 5.91. The summed E-state index contributed by atoms with van der Waals surface area (Å²) in [4.78, 5) is 36.8. The molecule has 0 amide bonds. The van der Waals surface area contributed by atoms with Gasteiger partial charge in [0.1, 0.15) is 25.9 Å². The fraction of sp³-hybridized carbons (Fsp3) is 0.344. The third-order valence-corrected chi connectivity index (χ3v) is 5.92. The highest BCUT2D eigenvalue weighted by Gasteiger charge is 2.25. The minimum atomic E-state index is -0.703. The lowest BCUT2D eigenvalue weighted by Gasteiger charge is -2.18. The molecule has 1 atom stereocenters. The molecule has 0 N–H and O–H groups in total. The minimum absolute atomic E-state index is 0.000106. The van der Waals surface area contributed by atoms with Crippen LogP contribution in [-0.2, 0) is 35.0 Å². The summed E-state index contributed by atoms with van der Waals surface area (Å²) in [5.74, 6) is -0.890. The summed E-state index contributed by atoms with van der Waals surface area (Å²) >= 11 is 0. The predicted octanol–water partition coefficient (Wildman–Crippen LogP) is 4.78. The van der Waals surface area contributed by atoms with Crippen LogP contribution in [0.1, 0.15) is 26.3 Å². The first-order chi connectivity index (χ1) is 20.0. The van der Waals surface area contributed by atoms with Crippen molar-refractivity contribution in [3.8, 4) is 34.1 Å². The van der Waals surface area contributed by atoms with E-state index in [1.54, 1.807) is 38.1 Å². The molecule has 0 saturated carbocycles. The molecule has 224 valence electrons. The van der Waals surface area contributed by atoms with E-state index in [2.05, 4.69) is 19.7 Å². The van der Waals surface area contributed by atoms with E-state index in [9.17, 15) is 14.4 Å². The normalized spacial score (nSPS) is 13.5. The van der Waals surface area contributed by atoms with Gasteiger partial charge in [-0.2, -0.15) is 0 Å². The van der Waals surface area contributed by atoms with E-state index in [0.29, 0.717) is 36.5 Å². The molecule has 0 spiro atoms. The monoisotopic (exact) mass is 580 g/mol. The van der Waals surface area contributed by atoms with Gasteiger partial charge in [-0.25, -0.2) is 14.4 Å². The van der Waals surface area contributed by atoms with Crippen LogP contribution in [0.25, 0.3) is 11.1 Å². The smallest absolute Gasteiger partial charge is 0.341 e. The molecule has 42 heavy (non-hydrogen) atoms. The SMILES string of the molecule is C=C(C)C(=O)OCCOc1ccc(-c2cc(OC(=O)C(=C)C)c(OCC3CO3)cc2CC)cc1OC(=O)C(=C)COC. The van der Waals surface area contributed by atoms with E-state index in [0.717, 1.165) is 5.56 Å². The van der Waals surface area contributed by atoms with Gasteiger partial charge in [-0.1, -0.05) is 32.7 Å². The maximum atomic E-state index is 12.7. The zero-order valence-electron chi connectivity index (χ0n) is 24.4. The molecule has 10 nitrogen and oxygen atoms in total. The van der Waals surface area contributed by atoms with Crippen molar-refractivity contribution < 1.29 is 47.5 Å². The Kier molecular flexibility index (Phi) is 11.5. The Morgan fingerprint density at radius 3 is 2.14 bits per heavy atom. The van der Waals surface area contributed by atoms with Crippen molar-refractivity contribution >= 4 is 17.9 Å². The van der Waals surface area contributed by atoms with Crippen LogP contribution in [0, 0.1) is 0 Å². The standard InChI is InChI=1S/C32H36O10/c1-8-22-13-27(40-18-24-17-39-24)29(41-31(34)20(4)5)15-25(22)23-9-10-26(37-11-12-38-30(33)19(2)3)28(14-23)42-32(35)21(6)16-36-7/h9-10,13-15,24H,2,4,6,8,11-12,16-18H2,1,3,5,7H3. The number of epoxide rings is 1. The molecule has 1 unspecified atom stereocenters. The maximum absolute atomic E-state index is 12.7. The lowest BCUT2D eigenvalue weighted by Crippen LogP contribution is -2.16. The number of ether oxygens (including phenoxy) is 7. The topological polar surface area (TPSA) is 119 Å². The average molecular weight is 581 g/mol. The number of carbonyl (C=O) groups is 3. The minimum Gasteiger partial charge on any atom is -0.487 e. The summed E-state index contributed by atoms with van der Waals surface area (Å²) in [5.41, 5.74) is 2.85. The van der Waals surface area contributed by atoms with Crippen LogP contribution in [0.5, 0.6) is 23.0 Å². The molecule has 0 aliphatic carbocycles. The number of carbonyl (C=O) groups excluding carboxylic acids is 3. The van der Waals surface area contributed by atoms with Crippen molar-refractivity contribution in [3.05, 3.63) is 72.4 Å². The molecule has 1 saturated heterocycles. The summed E-state index contributed by atoms with van der Waals surface area (Å²) in [7, 11) is 1.44. The largest absolute Gasteiger partial charge is 0.487 e. The molecular weight excluding hydrogens is 544 g/mol. The molecule has 1 aliphatic rings. The van der Waals surface area contributed by atoms with Crippen molar-refractivity contribution in [2.24, 2.45) is 0 Å². The summed E-state index contributed by atoms with van der Waals surface area (Å²) in [6, 6.07) is 8.54. The van der Waals surface area contributed by atoms with Crippen LogP contribution in [0.4, 0.5) is 0 Å². The molecule has 10 heteroatoms. The molecule has 2 aromatic carbocycles. The van der Waals surface area contributed by atoms with E-state index in [4.69, 9.17) is 33.2 Å². The number of hydrogen-bond donors (Lipinski definition) is 0. The van der Waals surface area contributed by atoms with Crippen LogP contribution in [0.15, 0.2) is 66.8 Å². The van der Waals surface area contributed by atoms with E-state index in [-0.39, 0.29) is 59.9 Å². The first-order valence-corrected chi connectivity index (χ1v) is 13.3. The van der Waals surface area contributed by atoms with Gasteiger partial charge in [0.15, 0.2) is 23.0 Å². The number of esters is 3. The summed E-state index contributed by atoms with van der Waals surface area (Å²) < 4.78 is 38.3. The second kappa shape index (κ2) is 15.0. The number of methoxy groups -OCH3 is 1. The number of rotatable bonds is 16. The van der Waals surface area contributed by atoms with E-state index in [1.807, 2.05) is 13.0 Å². The molecular formula is C32H36O10. The van der Waals surface area contributed by atoms with Gasteiger partial charge in [0, 0.05) is 18.3 Å². The molecule has 0 bridgehead atoms. The van der Waals surface area contributed by atoms with Crippen LogP contribution < -0.4 is 18.9 Å². The third kappa shape index (κ3) is 9.05. The van der Waals surface area contributed by atoms with Crippen molar-refractivity contribution in [2.45, 2.75) is 33.3 Å². The lowest BCUT2D eigenvalue weighted by atomic mass is 9.96.